The maximum absolute atomic E-state index is 12.4. The van der Waals surface area contributed by atoms with E-state index in [1.165, 1.54) is 0 Å². The van der Waals surface area contributed by atoms with Crippen LogP contribution in [-0.2, 0) is 15.0 Å². The van der Waals surface area contributed by atoms with E-state index in [4.69, 9.17) is 4.74 Å². The number of carbonyl (C=O) groups is 2. The van der Waals surface area contributed by atoms with E-state index in [-0.39, 0.29) is 29.9 Å². The number of nitrogens with zero attached hydrogens (tertiary/aromatic N) is 1. The number of nitrogens with one attached hydrogen (secondary N) is 1. The lowest BCUT2D eigenvalue weighted by molar-refractivity contribution is -0.123. The van der Waals surface area contributed by atoms with Gasteiger partial charge >= 0.3 is 0 Å². The molecule has 0 aliphatic carbocycles. The van der Waals surface area contributed by atoms with E-state index in [0.717, 1.165) is 17.0 Å². The lowest BCUT2D eigenvalue weighted by Crippen LogP contribution is -2.40. The van der Waals surface area contributed by atoms with Gasteiger partial charge in [0.2, 0.25) is 5.91 Å². The quantitative estimate of drug-likeness (QED) is 0.842. The van der Waals surface area contributed by atoms with Gasteiger partial charge in [0.05, 0.1) is 5.69 Å². The summed E-state index contributed by atoms with van der Waals surface area (Å²) < 4.78 is 5.57. The number of hydrogen-bond donors (Lipinski definition) is 1. The standard InChI is InChI=1S/C21H32N2O3/c1-14(2)15(3)22-19(24)8-7-11-23-17-12-16(21(4,5)6)9-10-18(17)26-13-20(23)25/h9-10,12,14-15H,7-8,11,13H2,1-6H3,(H,22,24)/t15-/m0/s1. The molecule has 2 amide bonds. The molecule has 0 saturated heterocycles. The van der Waals surface area contributed by atoms with Crippen LogP contribution in [0.15, 0.2) is 18.2 Å². The maximum atomic E-state index is 12.4. The second-order valence-electron chi connectivity index (χ2n) is 8.47. The highest BCUT2D eigenvalue weighted by atomic mass is 16.5. The molecule has 1 aliphatic rings. The molecule has 0 unspecified atom stereocenters. The lowest BCUT2D eigenvalue weighted by Gasteiger charge is -2.31. The third-order valence-corrected chi connectivity index (χ3v) is 4.94. The van der Waals surface area contributed by atoms with Crippen LogP contribution >= 0.6 is 0 Å². The highest BCUT2D eigenvalue weighted by molar-refractivity contribution is 5.98. The zero-order valence-corrected chi connectivity index (χ0v) is 16.9. The summed E-state index contributed by atoms with van der Waals surface area (Å²) in [7, 11) is 0. The predicted molar refractivity (Wildman–Crippen MR) is 105 cm³/mol. The average molecular weight is 360 g/mol. The zero-order valence-electron chi connectivity index (χ0n) is 16.9. The summed E-state index contributed by atoms with van der Waals surface area (Å²) in [5.41, 5.74) is 1.96. The van der Waals surface area contributed by atoms with Crippen LogP contribution in [0.2, 0.25) is 0 Å². The molecule has 0 radical (unpaired) electrons. The molecule has 1 aliphatic heterocycles. The fraction of sp³-hybridized carbons (Fsp3) is 0.619. The maximum Gasteiger partial charge on any atom is 0.265 e. The number of anilines is 1. The van der Waals surface area contributed by atoms with Crippen molar-refractivity contribution in [2.24, 2.45) is 5.92 Å². The molecule has 1 N–H and O–H groups in total. The Morgan fingerprint density at radius 3 is 2.58 bits per heavy atom. The zero-order chi connectivity index (χ0) is 19.5. The van der Waals surface area contributed by atoms with Crippen molar-refractivity contribution in [2.75, 3.05) is 18.1 Å². The normalized spacial score (nSPS) is 15.5. The Hall–Kier alpha value is -2.04. The van der Waals surface area contributed by atoms with Crippen molar-refractivity contribution in [3.05, 3.63) is 23.8 Å². The van der Waals surface area contributed by atoms with Crippen LogP contribution in [0.4, 0.5) is 5.69 Å². The first-order valence-corrected chi connectivity index (χ1v) is 9.46. The molecule has 26 heavy (non-hydrogen) atoms. The number of amides is 2. The van der Waals surface area contributed by atoms with E-state index in [2.05, 4.69) is 39.9 Å². The smallest absolute Gasteiger partial charge is 0.265 e. The van der Waals surface area contributed by atoms with Crippen molar-refractivity contribution < 1.29 is 14.3 Å². The van der Waals surface area contributed by atoms with Gasteiger partial charge in [0.15, 0.2) is 6.61 Å². The van der Waals surface area contributed by atoms with E-state index in [0.29, 0.717) is 25.3 Å². The summed E-state index contributed by atoms with van der Waals surface area (Å²) in [5.74, 6) is 1.12. The van der Waals surface area contributed by atoms with E-state index in [1.807, 2.05) is 25.1 Å². The van der Waals surface area contributed by atoms with Gasteiger partial charge in [-0.2, -0.15) is 0 Å². The average Bonchev–Trinajstić information content (AvgIpc) is 2.55. The number of carbonyl (C=O) groups excluding carboxylic acids is 2. The van der Waals surface area contributed by atoms with E-state index >= 15 is 0 Å². The Labute approximate surface area is 157 Å². The summed E-state index contributed by atoms with van der Waals surface area (Å²) >= 11 is 0. The second kappa shape index (κ2) is 8.11. The summed E-state index contributed by atoms with van der Waals surface area (Å²) in [4.78, 5) is 26.2. The van der Waals surface area contributed by atoms with Crippen LogP contribution in [0.25, 0.3) is 0 Å². The highest BCUT2D eigenvalue weighted by Gasteiger charge is 2.27. The fourth-order valence-corrected chi connectivity index (χ4v) is 2.80. The number of fused-ring (bicyclic) bond motifs is 1. The summed E-state index contributed by atoms with van der Waals surface area (Å²) in [6.07, 6.45) is 1.04. The Kier molecular flexibility index (Phi) is 6.32. The number of rotatable bonds is 6. The topological polar surface area (TPSA) is 58.6 Å². The van der Waals surface area contributed by atoms with Crippen LogP contribution in [0, 0.1) is 5.92 Å². The van der Waals surface area contributed by atoms with Gasteiger partial charge in [0.25, 0.3) is 5.91 Å². The van der Waals surface area contributed by atoms with Gasteiger partial charge in [-0.1, -0.05) is 40.7 Å². The van der Waals surface area contributed by atoms with Gasteiger partial charge in [-0.25, -0.2) is 0 Å². The van der Waals surface area contributed by atoms with Gasteiger partial charge in [0.1, 0.15) is 5.75 Å². The minimum absolute atomic E-state index is 0.00589. The second-order valence-corrected chi connectivity index (χ2v) is 8.47. The molecular formula is C21H32N2O3. The molecule has 0 saturated carbocycles. The molecule has 5 nitrogen and oxygen atoms in total. The highest BCUT2D eigenvalue weighted by Crippen LogP contribution is 2.36. The van der Waals surface area contributed by atoms with Crippen molar-refractivity contribution in [3.63, 3.8) is 0 Å². The molecule has 0 spiro atoms. The third kappa shape index (κ3) is 4.99. The Morgan fingerprint density at radius 2 is 1.96 bits per heavy atom. The molecule has 0 aromatic heterocycles. The summed E-state index contributed by atoms with van der Waals surface area (Å²) in [6.45, 7) is 13.2. The minimum Gasteiger partial charge on any atom is -0.482 e. The fourth-order valence-electron chi connectivity index (χ4n) is 2.80. The molecule has 1 aromatic carbocycles. The van der Waals surface area contributed by atoms with Crippen LogP contribution in [-0.4, -0.2) is 31.0 Å². The minimum atomic E-state index is -0.0560. The molecule has 1 atom stereocenters. The first kappa shape index (κ1) is 20.3. The molecule has 1 aromatic rings. The van der Waals surface area contributed by atoms with Crippen LogP contribution in [0.5, 0.6) is 5.75 Å². The van der Waals surface area contributed by atoms with Crippen LogP contribution in [0.3, 0.4) is 0 Å². The summed E-state index contributed by atoms with van der Waals surface area (Å²) in [5, 5.41) is 3.01. The van der Waals surface area contributed by atoms with Crippen LogP contribution < -0.4 is 15.0 Å². The van der Waals surface area contributed by atoms with Gasteiger partial charge < -0.3 is 15.0 Å². The van der Waals surface area contributed by atoms with E-state index < -0.39 is 0 Å². The Morgan fingerprint density at radius 1 is 1.27 bits per heavy atom. The monoisotopic (exact) mass is 360 g/mol. The van der Waals surface area contributed by atoms with E-state index in [1.54, 1.807) is 4.90 Å². The first-order valence-electron chi connectivity index (χ1n) is 9.46. The van der Waals surface area contributed by atoms with Crippen LogP contribution in [0.1, 0.15) is 59.9 Å². The van der Waals surface area contributed by atoms with Gasteiger partial charge in [-0.05, 0) is 42.4 Å². The number of hydrogen-bond acceptors (Lipinski definition) is 3. The van der Waals surface area contributed by atoms with Gasteiger partial charge in [-0.3, -0.25) is 9.59 Å². The largest absolute Gasteiger partial charge is 0.482 e. The SMILES string of the molecule is CC(C)[C@H](C)NC(=O)CCCN1C(=O)COc2ccc(C(C)(C)C)cc21. The molecule has 1 heterocycles. The molecular weight excluding hydrogens is 328 g/mol. The Bertz CT molecular complexity index is 662. The predicted octanol–water partition coefficient (Wildman–Crippen LogP) is 3.65. The summed E-state index contributed by atoms with van der Waals surface area (Å²) in [6, 6.07) is 6.18. The number of benzene rings is 1. The van der Waals surface area contributed by atoms with Crippen molar-refractivity contribution in [1.29, 1.82) is 0 Å². The van der Waals surface area contributed by atoms with E-state index in [9.17, 15) is 9.59 Å². The lowest BCUT2D eigenvalue weighted by atomic mass is 9.86. The van der Waals surface area contributed by atoms with Crippen molar-refractivity contribution in [2.45, 2.75) is 65.8 Å². The molecule has 5 heteroatoms. The van der Waals surface area contributed by atoms with Crippen molar-refractivity contribution >= 4 is 17.5 Å². The molecule has 0 bridgehead atoms. The Balaban J connectivity index is 2.04. The molecule has 144 valence electrons. The molecule has 0 fully saturated rings. The molecule has 2 rings (SSSR count). The van der Waals surface area contributed by atoms with Gasteiger partial charge in [-0.15, -0.1) is 0 Å². The van der Waals surface area contributed by atoms with Gasteiger partial charge in [0, 0.05) is 19.0 Å². The number of ether oxygens (including phenoxy) is 1. The third-order valence-electron chi connectivity index (χ3n) is 4.94. The van der Waals surface area contributed by atoms with Crippen molar-refractivity contribution in [3.8, 4) is 5.75 Å². The van der Waals surface area contributed by atoms with Crippen molar-refractivity contribution in [1.82, 2.24) is 5.32 Å². The first-order chi connectivity index (χ1) is 12.1.